The Balaban J connectivity index is 1.69. The molecule has 2 unspecified atom stereocenters. The Kier molecular flexibility index (Phi) is 4.80. The Bertz CT molecular complexity index is 1000. The second kappa shape index (κ2) is 6.93. The number of Topliss-reactive ketones (excluding diaryl/α,β-unsaturated/α-hetero) is 1. The molecule has 0 heterocycles. The summed E-state index contributed by atoms with van der Waals surface area (Å²) in [5.74, 6) is -0.398. The predicted molar refractivity (Wildman–Crippen MR) is 124 cm³/mol. The summed E-state index contributed by atoms with van der Waals surface area (Å²) in [6, 6.07) is 17.1. The number of fused-ring (bicyclic) bond motifs is 2. The number of amides is 1. The Morgan fingerprint density at radius 1 is 0.966 bits per heavy atom. The van der Waals surface area contributed by atoms with Crippen LogP contribution < -0.4 is 10.7 Å². The summed E-state index contributed by atoms with van der Waals surface area (Å²) in [7, 11) is 0. The quantitative estimate of drug-likeness (QED) is 0.348. The molecule has 2 fully saturated rings. The first kappa shape index (κ1) is 20.1. The molecule has 0 radical (unpaired) electrons. The molecular formula is C23H24IN3O2. The lowest BCUT2D eigenvalue weighted by Crippen LogP contribution is -2.47. The number of hydrogen-bond donors (Lipinski definition) is 2. The summed E-state index contributed by atoms with van der Waals surface area (Å²) >= 11 is 2.22. The van der Waals surface area contributed by atoms with Crippen LogP contribution in [0.15, 0.2) is 59.7 Å². The van der Waals surface area contributed by atoms with E-state index in [4.69, 9.17) is 0 Å². The number of carbonyl (C=O) groups is 2. The maximum Gasteiger partial charge on any atom is 0.239 e. The zero-order chi connectivity index (χ0) is 20.9. The Morgan fingerprint density at radius 2 is 1.62 bits per heavy atom. The highest BCUT2D eigenvalue weighted by atomic mass is 127. The van der Waals surface area contributed by atoms with Crippen LogP contribution in [-0.2, 0) is 9.59 Å². The second-order valence-electron chi connectivity index (χ2n) is 8.59. The molecule has 0 aromatic heterocycles. The van der Waals surface area contributed by atoms with Crippen LogP contribution in [0.4, 0.5) is 11.4 Å². The molecule has 6 heteroatoms. The first-order valence-corrected chi connectivity index (χ1v) is 10.8. The van der Waals surface area contributed by atoms with Gasteiger partial charge in [0.1, 0.15) is 11.1 Å². The van der Waals surface area contributed by atoms with E-state index in [0.29, 0.717) is 17.8 Å². The molecule has 2 aromatic carbocycles. The lowest BCUT2D eigenvalue weighted by molar-refractivity contribution is -0.139. The van der Waals surface area contributed by atoms with E-state index in [1.54, 1.807) is 0 Å². The molecule has 2 atom stereocenters. The molecule has 2 bridgehead atoms. The number of hydrazone groups is 1. The van der Waals surface area contributed by atoms with Crippen LogP contribution in [0.5, 0.6) is 0 Å². The Labute approximate surface area is 184 Å². The minimum Gasteiger partial charge on any atom is -0.325 e. The zero-order valence-electron chi connectivity index (χ0n) is 16.8. The van der Waals surface area contributed by atoms with Crippen LogP contribution >= 0.6 is 22.6 Å². The van der Waals surface area contributed by atoms with Crippen LogP contribution in [0.25, 0.3) is 0 Å². The topological polar surface area (TPSA) is 70.6 Å². The van der Waals surface area contributed by atoms with Crippen molar-refractivity contribution in [3.05, 3.63) is 58.2 Å². The van der Waals surface area contributed by atoms with Crippen molar-refractivity contribution in [2.75, 3.05) is 10.7 Å². The van der Waals surface area contributed by atoms with Gasteiger partial charge >= 0.3 is 0 Å². The van der Waals surface area contributed by atoms with Gasteiger partial charge in [0.15, 0.2) is 5.78 Å². The molecule has 2 aliphatic rings. The van der Waals surface area contributed by atoms with Crippen LogP contribution in [0.3, 0.4) is 0 Å². The first-order valence-electron chi connectivity index (χ1n) is 9.73. The molecule has 0 aliphatic heterocycles. The van der Waals surface area contributed by atoms with Crippen molar-refractivity contribution in [1.29, 1.82) is 0 Å². The molecule has 2 aliphatic carbocycles. The van der Waals surface area contributed by atoms with Crippen molar-refractivity contribution in [3.8, 4) is 0 Å². The third kappa shape index (κ3) is 2.83. The minimum absolute atomic E-state index is 0.164. The number of hydrogen-bond acceptors (Lipinski definition) is 4. The van der Waals surface area contributed by atoms with E-state index < -0.39 is 16.2 Å². The molecule has 0 spiro atoms. The summed E-state index contributed by atoms with van der Waals surface area (Å²) in [4.78, 5) is 27.0. The highest BCUT2D eigenvalue weighted by molar-refractivity contribution is 14.1. The second-order valence-corrected chi connectivity index (χ2v) is 9.84. The molecule has 150 valence electrons. The zero-order valence-corrected chi connectivity index (χ0v) is 18.9. The van der Waals surface area contributed by atoms with Gasteiger partial charge in [-0.1, -0.05) is 39.0 Å². The SMILES string of the molecule is CC12CCC(C(=O)Nc3ccc(I)cc3)(C(=O)C1=NNc1ccccc1)C2(C)C. The fraction of sp³-hybridized carbons (Fsp3) is 0.348. The summed E-state index contributed by atoms with van der Waals surface area (Å²) in [5, 5.41) is 7.50. The maximum absolute atomic E-state index is 13.6. The van der Waals surface area contributed by atoms with Crippen molar-refractivity contribution >= 4 is 51.4 Å². The fourth-order valence-electron chi connectivity index (χ4n) is 4.88. The average Bonchev–Trinajstić information content (AvgIpc) is 2.98. The van der Waals surface area contributed by atoms with Gasteiger partial charge in [0, 0.05) is 14.7 Å². The van der Waals surface area contributed by atoms with Crippen molar-refractivity contribution in [1.82, 2.24) is 0 Å². The minimum atomic E-state index is -1.11. The summed E-state index contributed by atoms with van der Waals surface area (Å²) in [6.07, 6.45) is 1.29. The van der Waals surface area contributed by atoms with E-state index in [9.17, 15) is 9.59 Å². The molecule has 4 rings (SSSR count). The number of nitrogens with one attached hydrogen (secondary N) is 2. The number of nitrogens with zero attached hydrogens (tertiary/aromatic N) is 1. The van der Waals surface area contributed by atoms with Crippen molar-refractivity contribution < 1.29 is 9.59 Å². The summed E-state index contributed by atoms with van der Waals surface area (Å²) < 4.78 is 1.09. The predicted octanol–water partition coefficient (Wildman–Crippen LogP) is 5.09. The highest BCUT2D eigenvalue weighted by Crippen LogP contribution is 2.69. The number of benzene rings is 2. The molecular weight excluding hydrogens is 477 g/mol. The van der Waals surface area contributed by atoms with Crippen molar-refractivity contribution in [3.63, 3.8) is 0 Å². The summed E-state index contributed by atoms with van der Waals surface area (Å²) in [6.45, 7) is 6.11. The van der Waals surface area contributed by atoms with E-state index in [0.717, 1.165) is 15.7 Å². The van der Waals surface area contributed by atoms with E-state index in [2.05, 4.69) is 45.4 Å². The number of carbonyl (C=O) groups excluding carboxylic acids is 2. The van der Waals surface area contributed by atoms with Crippen molar-refractivity contribution in [2.45, 2.75) is 33.6 Å². The Hall–Kier alpha value is -2.22. The van der Waals surface area contributed by atoms with Gasteiger partial charge in [-0.15, -0.1) is 0 Å². The van der Waals surface area contributed by atoms with Gasteiger partial charge in [-0.2, -0.15) is 5.10 Å². The monoisotopic (exact) mass is 501 g/mol. The van der Waals surface area contributed by atoms with Gasteiger partial charge in [-0.05, 0) is 77.2 Å². The number of anilines is 2. The molecule has 1 amide bonds. The maximum atomic E-state index is 13.6. The third-order valence-corrected chi connectivity index (χ3v) is 7.85. The van der Waals surface area contributed by atoms with Crippen molar-refractivity contribution in [2.24, 2.45) is 21.3 Å². The van der Waals surface area contributed by atoms with Gasteiger partial charge in [0.2, 0.25) is 5.91 Å². The van der Waals surface area contributed by atoms with Gasteiger partial charge in [-0.3, -0.25) is 15.0 Å². The fourth-order valence-corrected chi connectivity index (χ4v) is 5.24. The van der Waals surface area contributed by atoms with E-state index in [1.807, 2.05) is 68.4 Å². The van der Waals surface area contributed by atoms with E-state index >= 15 is 0 Å². The van der Waals surface area contributed by atoms with Crippen LogP contribution in [-0.4, -0.2) is 17.4 Å². The van der Waals surface area contributed by atoms with Crippen LogP contribution in [0, 0.1) is 19.8 Å². The van der Waals surface area contributed by atoms with Gasteiger partial charge in [0.05, 0.1) is 5.69 Å². The first-order chi connectivity index (χ1) is 13.7. The smallest absolute Gasteiger partial charge is 0.239 e. The number of ketones is 1. The molecule has 2 saturated carbocycles. The molecule has 29 heavy (non-hydrogen) atoms. The lowest BCUT2D eigenvalue weighted by Gasteiger charge is -2.37. The average molecular weight is 501 g/mol. The number of halogens is 1. The normalized spacial score (nSPS) is 28.6. The van der Waals surface area contributed by atoms with Gasteiger partial charge in [-0.25, -0.2) is 0 Å². The number of rotatable bonds is 4. The highest BCUT2D eigenvalue weighted by Gasteiger charge is 2.76. The molecule has 2 aromatic rings. The number of para-hydroxylation sites is 1. The molecule has 5 nitrogen and oxygen atoms in total. The molecule has 0 saturated heterocycles. The van der Waals surface area contributed by atoms with Crippen LogP contribution in [0.2, 0.25) is 0 Å². The van der Waals surface area contributed by atoms with Crippen LogP contribution in [0.1, 0.15) is 33.6 Å². The third-order valence-electron chi connectivity index (χ3n) is 7.13. The lowest BCUT2D eigenvalue weighted by atomic mass is 9.64. The molecule has 2 N–H and O–H groups in total. The van der Waals surface area contributed by atoms with E-state index in [-0.39, 0.29) is 11.7 Å². The standard InChI is InChI=1S/C23H24IN3O2/c1-21(2)22(3)13-14-23(21,20(29)25-16-11-9-15(24)10-12-16)19(28)18(22)27-26-17-7-5-4-6-8-17/h4-12,26H,13-14H2,1-3H3,(H,25,29). The van der Waals surface area contributed by atoms with Gasteiger partial charge in [0.25, 0.3) is 0 Å². The van der Waals surface area contributed by atoms with Gasteiger partial charge < -0.3 is 5.32 Å². The largest absolute Gasteiger partial charge is 0.325 e. The van der Waals surface area contributed by atoms with E-state index in [1.165, 1.54) is 0 Å². The Morgan fingerprint density at radius 3 is 2.28 bits per heavy atom. The summed E-state index contributed by atoms with van der Waals surface area (Å²) in [5.41, 5.74) is 2.88.